The van der Waals surface area contributed by atoms with Crippen LogP contribution in [0.5, 0.6) is 0 Å². The molecule has 0 amide bonds. The van der Waals surface area contributed by atoms with Crippen molar-refractivity contribution >= 4 is 11.6 Å². The van der Waals surface area contributed by atoms with Gasteiger partial charge in [0.1, 0.15) is 0 Å². The number of ketones is 2. The molecule has 2 bridgehead atoms. The summed E-state index contributed by atoms with van der Waals surface area (Å²) in [4.78, 5) is 23.7. The third-order valence-electron chi connectivity index (χ3n) is 4.17. The molecule has 0 N–H and O–H groups in total. The lowest BCUT2D eigenvalue weighted by Gasteiger charge is -2.27. The van der Waals surface area contributed by atoms with Crippen LogP contribution in [0.1, 0.15) is 6.42 Å². The van der Waals surface area contributed by atoms with Gasteiger partial charge in [0.15, 0.2) is 23.8 Å². The lowest BCUT2D eigenvalue weighted by Crippen LogP contribution is -2.43. The van der Waals surface area contributed by atoms with Gasteiger partial charge < -0.3 is 4.74 Å². The van der Waals surface area contributed by atoms with Gasteiger partial charge in [-0.15, -0.1) is 0 Å². The maximum absolute atomic E-state index is 11.9. The van der Waals surface area contributed by atoms with Crippen molar-refractivity contribution in [1.29, 1.82) is 0 Å². The monoisotopic (exact) mass is 190 g/mol. The first-order valence-corrected chi connectivity index (χ1v) is 5.18. The molecule has 0 radical (unpaired) electrons. The molecule has 72 valence electrons. The van der Waals surface area contributed by atoms with Gasteiger partial charge in [-0.2, -0.15) is 0 Å². The SMILES string of the molecule is O=C1C2C(C(=O)[C@@H]3O[C@H]13)[C@@H]1C=C[C@H]2C1. The Morgan fingerprint density at radius 1 is 1.00 bits per heavy atom. The number of allylic oxidation sites excluding steroid dienone is 2. The quantitative estimate of drug-likeness (QED) is 0.409. The Morgan fingerprint density at radius 2 is 1.50 bits per heavy atom. The zero-order valence-electron chi connectivity index (χ0n) is 7.55. The molecule has 1 saturated heterocycles. The minimum Gasteiger partial charge on any atom is -0.353 e. The molecule has 0 aromatic carbocycles. The summed E-state index contributed by atoms with van der Waals surface area (Å²) in [5, 5.41) is 0. The maximum Gasteiger partial charge on any atom is 0.169 e. The zero-order valence-corrected chi connectivity index (χ0v) is 7.55. The molecule has 0 aromatic rings. The second-order valence-corrected chi connectivity index (χ2v) is 4.78. The summed E-state index contributed by atoms with van der Waals surface area (Å²) in [7, 11) is 0. The predicted molar refractivity (Wildman–Crippen MR) is 46.4 cm³/mol. The van der Waals surface area contributed by atoms with Crippen LogP contribution in [-0.2, 0) is 14.3 Å². The summed E-state index contributed by atoms with van der Waals surface area (Å²) in [6.07, 6.45) is 4.50. The Morgan fingerprint density at radius 3 is 2.00 bits per heavy atom. The lowest BCUT2D eigenvalue weighted by atomic mass is 9.72. The van der Waals surface area contributed by atoms with E-state index in [0.29, 0.717) is 11.8 Å². The van der Waals surface area contributed by atoms with Gasteiger partial charge in [0.05, 0.1) is 0 Å². The van der Waals surface area contributed by atoms with E-state index < -0.39 is 0 Å². The van der Waals surface area contributed by atoms with Crippen LogP contribution in [-0.4, -0.2) is 23.8 Å². The van der Waals surface area contributed by atoms with Crippen LogP contribution in [0.15, 0.2) is 12.2 Å². The Balaban J connectivity index is 1.84. The molecule has 3 nitrogen and oxygen atoms in total. The lowest BCUT2D eigenvalue weighted by molar-refractivity contribution is -0.135. The molecule has 4 aliphatic rings. The average molecular weight is 190 g/mol. The molecule has 3 heteroatoms. The van der Waals surface area contributed by atoms with E-state index in [0.717, 1.165) is 6.42 Å². The third kappa shape index (κ3) is 0.630. The number of hydrogen-bond donors (Lipinski definition) is 0. The minimum atomic E-state index is -0.364. The van der Waals surface area contributed by atoms with Gasteiger partial charge in [0.2, 0.25) is 0 Å². The van der Waals surface area contributed by atoms with Crippen molar-refractivity contribution in [2.45, 2.75) is 18.6 Å². The molecule has 4 rings (SSSR count). The highest BCUT2D eigenvalue weighted by Gasteiger charge is 2.66. The average Bonchev–Trinajstić information content (AvgIpc) is 2.74. The Bertz CT molecular complexity index is 350. The maximum atomic E-state index is 11.9. The van der Waals surface area contributed by atoms with Crippen molar-refractivity contribution in [3.05, 3.63) is 12.2 Å². The number of rotatable bonds is 0. The standard InChI is InChI=1S/C11H10O3/c12-8-6-4-1-2-5(3-4)7(6)9(13)11-10(8)14-11/h1-2,4-7,10-11H,3H2/t4-,5+,6?,7?,10+,11-. The number of ether oxygens (including phenoxy) is 1. The first-order chi connectivity index (χ1) is 6.77. The Labute approximate surface area is 81.1 Å². The van der Waals surface area contributed by atoms with E-state index in [-0.39, 0.29) is 35.6 Å². The largest absolute Gasteiger partial charge is 0.353 e. The molecule has 0 spiro atoms. The molecule has 2 saturated carbocycles. The number of carbonyl (C=O) groups excluding carboxylic acids is 2. The third-order valence-corrected chi connectivity index (χ3v) is 4.17. The second kappa shape index (κ2) is 2.01. The van der Waals surface area contributed by atoms with Crippen LogP contribution in [0.2, 0.25) is 0 Å². The fourth-order valence-corrected chi connectivity index (χ4v) is 3.52. The molecular weight excluding hydrogens is 180 g/mol. The predicted octanol–water partition coefficient (Wildman–Crippen LogP) is 0.344. The van der Waals surface area contributed by atoms with E-state index in [1.54, 1.807) is 0 Å². The van der Waals surface area contributed by atoms with E-state index in [4.69, 9.17) is 4.74 Å². The van der Waals surface area contributed by atoms with Crippen LogP contribution in [0.4, 0.5) is 0 Å². The van der Waals surface area contributed by atoms with E-state index >= 15 is 0 Å². The fourth-order valence-electron chi connectivity index (χ4n) is 3.52. The molecule has 2 unspecified atom stereocenters. The first kappa shape index (κ1) is 7.35. The molecule has 1 heterocycles. The van der Waals surface area contributed by atoms with Crippen LogP contribution in [0, 0.1) is 23.7 Å². The van der Waals surface area contributed by atoms with Gasteiger partial charge in [-0.05, 0) is 18.3 Å². The molecule has 3 aliphatic carbocycles. The minimum absolute atomic E-state index is 0.0405. The number of fused-ring (bicyclic) bond motifs is 6. The summed E-state index contributed by atoms with van der Waals surface area (Å²) in [5.41, 5.74) is 0. The van der Waals surface area contributed by atoms with Gasteiger partial charge in [-0.1, -0.05) is 12.2 Å². The summed E-state index contributed by atoms with van der Waals surface area (Å²) in [6, 6.07) is 0. The van der Waals surface area contributed by atoms with Gasteiger partial charge in [-0.3, -0.25) is 9.59 Å². The summed E-state index contributed by atoms with van der Waals surface area (Å²) < 4.78 is 5.14. The van der Waals surface area contributed by atoms with Gasteiger partial charge in [-0.25, -0.2) is 0 Å². The van der Waals surface area contributed by atoms with E-state index in [1.807, 2.05) is 0 Å². The van der Waals surface area contributed by atoms with E-state index in [9.17, 15) is 9.59 Å². The topological polar surface area (TPSA) is 46.7 Å². The Kier molecular flexibility index (Phi) is 1.05. The van der Waals surface area contributed by atoms with Crippen LogP contribution >= 0.6 is 0 Å². The molecular formula is C11H10O3. The molecule has 3 fully saturated rings. The summed E-state index contributed by atoms with van der Waals surface area (Å²) in [6.45, 7) is 0. The number of hydrogen-bond acceptors (Lipinski definition) is 3. The highest BCUT2D eigenvalue weighted by Crippen LogP contribution is 2.54. The van der Waals surface area contributed by atoms with Gasteiger partial charge in [0.25, 0.3) is 0 Å². The zero-order chi connectivity index (χ0) is 9.45. The van der Waals surface area contributed by atoms with Crippen molar-refractivity contribution in [2.75, 3.05) is 0 Å². The normalized spacial score (nSPS) is 57.4. The van der Waals surface area contributed by atoms with E-state index in [1.165, 1.54) is 0 Å². The smallest absolute Gasteiger partial charge is 0.169 e. The summed E-state index contributed by atoms with van der Waals surface area (Å²) in [5.74, 6) is 0.952. The van der Waals surface area contributed by atoms with Gasteiger partial charge >= 0.3 is 0 Å². The highest BCUT2D eigenvalue weighted by atomic mass is 16.6. The highest BCUT2D eigenvalue weighted by molar-refractivity contribution is 6.06. The molecule has 14 heavy (non-hydrogen) atoms. The number of Topliss-reactive ketones (excluding diaryl/α,β-unsaturated/α-hetero) is 2. The van der Waals surface area contributed by atoms with Crippen LogP contribution < -0.4 is 0 Å². The van der Waals surface area contributed by atoms with E-state index in [2.05, 4.69) is 12.2 Å². The van der Waals surface area contributed by atoms with Crippen molar-refractivity contribution in [3.63, 3.8) is 0 Å². The molecule has 6 atom stereocenters. The first-order valence-electron chi connectivity index (χ1n) is 5.18. The Hall–Kier alpha value is -0.960. The van der Waals surface area contributed by atoms with Crippen molar-refractivity contribution in [1.82, 2.24) is 0 Å². The van der Waals surface area contributed by atoms with Crippen molar-refractivity contribution < 1.29 is 14.3 Å². The van der Waals surface area contributed by atoms with Gasteiger partial charge in [0, 0.05) is 11.8 Å². The fraction of sp³-hybridized carbons (Fsp3) is 0.636. The number of epoxide rings is 1. The van der Waals surface area contributed by atoms with Crippen molar-refractivity contribution in [3.8, 4) is 0 Å². The molecule has 0 aromatic heterocycles. The number of carbonyl (C=O) groups is 2. The van der Waals surface area contributed by atoms with Crippen molar-refractivity contribution in [2.24, 2.45) is 23.7 Å². The second-order valence-electron chi connectivity index (χ2n) is 4.78. The van der Waals surface area contributed by atoms with Crippen LogP contribution in [0.25, 0.3) is 0 Å². The summed E-state index contributed by atoms with van der Waals surface area (Å²) >= 11 is 0. The molecule has 1 aliphatic heterocycles. The van der Waals surface area contributed by atoms with Crippen LogP contribution in [0.3, 0.4) is 0 Å².